The Labute approximate surface area is 118 Å². The number of nitriles is 1. The van der Waals surface area contributed by atoms with Crippen LogP contribution in [0.5, 0.6) is 5.75 Å². The zero-order valence-corrected chi connectivity index (χ0v) is 11.5. The van der Waals surface area contributed by atoms with E-state index in [1.165, 1.54) is 11.1 Å². The predicted molar refractivity (Wildman–Crippen MR) is 73.5 cm³/mol. The van der Waals surface area contributed by atoms with Gasteiger partial charge in [0.25, 0.3) is 0 Å². The predicted octanol–water partition coefficient (Wildman–Crippen LogP) is 2.12. The van der Waals surface area contributed by atoms with E-state index >= 15 is 0 Å². The molecule has 1 N–H and O–H groups in total. The second-order valence-corrected chi connectivity index (χ2v) is 6.10. The first kappa shape index (κ1) is 12.2. The van der Waals surface area contributed by atoms with E-state index in [1.807, 2.05) is 0 Å². The monoisotopic (exact) mass is 270 g/mol. The van der Waals surface area contributed by atoms with Crippen molar-refractivity contribution in [3.8, 4) is 11.8 Å². The molecule has 0 unspecified atom stereocenters. The molecule has 0 spiro atoms. The van der Waals surface area contributed by atoms with E-state index in [2.05, 4.69) is 36.5 Å². The molecule has 1 aromatic rings. The Bertz CT molecular complexity index is 580. The van der Waals surface area contributed by atoms with Gasteiger partial charge in [0, 0.05) is 17.5 Å². The lowest BCUT2D eigenvalue weighted by atomic mass is 9.94. The highest BCUT2D eigenvalue weighted by atomic mass is 16.5. The number of ether oxygens (including phenoxy) is 2. The SMILES string of the molecule is C[C@@H]1CO[C@@H]2COc3cc([C@H]4C[C@@H]4C#N)ccc3[C@@H]2N1. The molecule has 1 aliphatic carbocycles. The molecule has 1 saturated heterocycles. The molecule has 2 fully saturated rings. The summed E-state index contributed by atoms with van der Waals surface area (Å²) in [5, 5.41) is 12.6. The minimum Gasteiger partial charge on any atom is -0.490 e. The third-order valence-electron chi connectivity index (χ3n) is 4.56. The number of benzene rings is 1. The van der Waals surface area contributed by atoms with Crippen molar-refractivity contribution in [3.63, 3.8) is 0 Å². The minimum atomic E-state index is 0.109. The smallest absolute Gasteiger partial charge is 0.124 e. The molecule has 5 atom stereocenters. The van der Waals surface area contributed by atoms with Gasteiger partial charge in [-0.15, -0.1) is 0 Å². The summed E-state index contributed by atoms with van der Waals surface area (Å²) in [6.45, 7) is 3.48. The number of nitrogens with zero attached hydrogens (tertiary/aromatic N) is 1. The number of hydrogen-bond acceptors (Lipinski definition) is 4. The van der Waals surface area contributed by atoms with E-state index in [1.54, 1.807) is 0 Å². The van der Waals surface area contributed by atoms with Gasteiger partial charge in [-0.2, -0.15) is 5.26 Å². The van der Waals surface area contributed by atoms with Crippen LogP contribution in [-0.2, 0) is 4.74 Å². The van der Waals surface area contributed by atoms with Crippen molar-refractivity contribution in [2.24, 2.45) is 5.92 Å². The van der Waals surface area contributed by atoms with Gasteiger partial charge in [-0.3, -0.25) is 0 Å². The van der Waals surface area contributed by atoms with Gasteiger partial charge >= 0.3 is 0 Å². The summed E-state index contributed by atoms with van der Waals surface area (Å²) in [4.78, 5) is 0. The molecule has 0 radical (unpaired) electrons. The molecule has 2 heterocycles. The van der Waals surface area contributed by atoms with Crippen LogP contribution in [0.3, 0.4) is 0 Å². The fourth-order valence-corrected chi connectivity index (χ4v) is 3.30. The fourth-order valence-electron chi connectivity index (χ4n) is 3.30. The van der Waals surface area contributed by atoms with E-state index in [-0.39, 0.29) is 18.1 Å². The maximum atomic E-state index is 8.95. The summed E-state index contributed by atoms with van der Waals surface area (Å²) in [5.41, 5.74) is 2.42. The first-order chi connectivity index (χ1) is 9.76. The summed E-state index contributed by atoms with van der Waals surface area (Å²) in [7, 11) is 0. The average Bonchev–Trinajstić information content (AvgIpc) is 3.26. The lowest BCUT2D eigenvalue weighted by molar-refractivity contribution is -0.0570. The van der Waals surface area contributed by atoms with Gasteiger partial charge in [0.05, 0.1) is 24.6 Å². The second-order valence-electron chi connectivity index (χ2n) is 6.10. The molecule has 104 valence electrons. The quantitative estimate of drug-likeness (QED) is 0.849. The van der Waals surface area contributed by atoms with Crippen LogP contribution in [0, 0.1) is 17.2 Å². The summed E-state index contributed by atoms with van der Waals surface area (Å²) in [5.74, 6) is 1.55. The third-order valence-corrected chi connectivity index (χ3v) is 4.56. The molecular weight excluding hydrogens is 252 g/mol. The van der Waals surface area contributed by atoms with Crippen molar-refractivity contribution >= 4 is 0 Å². The standard InChI is InChI=1S/C16H18N2O2/c1-9-7-19-15-8-20-14-5-10(13-4-11(13)6-17)2-3-12(14)16(15)18-9/h2-3,5,9,11,13,15-16,18H,4,7-8H2,1H3/t9-,11-,13-,15-,16+/m1/s1. The summed E-state index contributed by atoms with van der Waals surface area (Å²) >= 11 is 0. The van der Waals surface area contributed by atoms with Crippen molar-refractivity contribution in [2.75, 3.05) is 13.2 Å². The third kappa shape index (κ3) is 1.90. The maximum absolute atomic E-state index is 8.95. The molecule has 1 saturated carbocycles. The summed E-state index contributed by atoms with van der Waals surface area (Å²) in [6, 6.07) is 9.35. The van der Waals surface area contributed by atoms with Crippen LogP contribution in [0.1, 0.15) is 36.4 Å². The minimum absolute atomic E-state index is 0.109. The maximum Gasteiger partial charge on any atom is 0.124 e. The van der Waals surface area contributed by atoms with Gasteiger partial charge < -0.3 is 14.8 Å². The van der Waals surface area contributed by atoms with E-state index in [4.69, 9.17) is 14.7 Å². The number of nitrogens with one attached hydrogen (secondary N) is 1. The fraction of sp³-hybridized carbons (Fsp3) is 0.562. The zero-order valence-electron chi connectivity index (χ0n) is 11.5. The van der Waals surface area contributed by atoms with Crippen LogP contribution >= 0.6 is 0 Å². The zero-order chi connectivity index (χ0) is 13.7. The molecule has 0 bridgehead atoms. The summed E-state index contributed by atoms with van der Waals surface area (Å²) in [6.07, 6.45) is 1.09. The van der Waals surface area contributed by atoms with Crippen molar-refractivity contribution in [3.05, 3.63) is 29.3 Å². The van der Waals surface area contributed by atoms with Gasteiger partial charge in [0.2, 0.25) is 0 Å². The molecule has 2 aliphatic heterocycles. The van der Waals surface area contributed by atoms with Gasteiger partial charge in [-0.1, -0.05) is 12.1 Å². The van der Waals surface area contributed by atoms with Gasteiger partial charge in [0.15, 0.2) is 0 Å². The molecular formula is C16H18N2O2. The molecule has 4 heteroatoms. The molecule has 4 rings (SSSR count). The second kappa shape index (κ2) is 4.47. The number of hydrogen-bond donors (Lipinski definition) is 1. The van der Waals surface area contributed by atoms with Crippen molar-refractivity contribution in [1.82, 2.24) is 5.32 Å². The number of rotatable bonds is 1. The molecule has 3 aliphatic rings. The lowest BCUT2D eigenvalue weighted by Crippen LogP contribution is -2.51. The van der Waals surface area contributed by atoms with Gasteiger partial charge in [-0.25, -0.2) is 0 Å². The van der Waals surface area contributed by atoms with E-state index in [0.29, 0.717) is 18.6 Å². The Morgan fingerprint density at radius 2 is 2.25 bits per heavy atom. The Balaban J connectivity index is 1.63. The van der Waals surface area contributed by atoms with Gasteiger partial charge in [0.1, 0.15) is 18.5 Å². The molecule has 20 heavy (non-hydrogen) atoms. The highest BCUT2D eigenvalue weighted by Gasteiger charge is 2.40. The average molecular weight is 270 g/mol. The van der Waals surface area contributed by atoms with E-state index in [9.17, 15) is 0 Å². The molecule has 4 nitrogen and oxygen atoms in total. The normalized spacial score (nSPS) is 38.1. The first-order valence-corrected chi connectivity index (χ1v) is 7.30. The lowest BCUT2D eigenvalue weighted by Gasteiger charge is -2.40. The molecule has 0 aromatic heterocycles. The van der Waals surface area contributed by atoms with Crippen LogP contribution in [0.2, 0.25) is 0 Å². The van der Waals surface area contributed by atoms with Gasteiger partial charge in [-0.05, 0) is 25.0 Å². The Hall–Kier alpha value is -1.57. The highest BCUT2D eigenvalue weighted by Crippen LogP contribution is 2.48. The number of morpholine rings is 1. The summed E-state index contributed by atoms with van der Waals surface area (Å²) < 4.78 is 11.7. The van der Waals surface area contributed by atoms with Crippen LogP contribution < -0.4 is 10.1 Å². The van der Waals surface area contributed by atoms with Crippen LogP contribution in [-0.4, -0.2) is 25.4 Å². The Kier molecular flexibility index (Phi) is 2.73. The van der Waals surface area contributed by atoms with E-state index in [0.717, 1.165) is 18.8 Å². The topological polar surface area (TPSA) is 54.3 Å². The van der Waals surface area contributed by atoms with Crippen molar-refractivity contribution in [2.45, 2.75) is 37.5 Å². The first-order valence-electron chi connectivity index (χ1n) is 7.30. The van der Waals surface area contributed by atoms with Crippen molar-refractivity contribution < 1.29 is 9.47 Å². The largest absolute Gasteiger partial charge is 0.490 e. The molecule has 1 aromatic carbocycles. The molecule has 0 amide bonds. The highest BCUT2D eigenvalue weighted by molar-refractivity contribution is 5.45. The van der Waals surface area contributed by atoms with E-state index < -0.39 is 0 Å². The van der Waals surface area contributed by atoms with Crippen LogP contribution in [0.15, 0.2) is 18.2 Å². The van der Waals surface area contributed by atoms with Crippen LogP contribution in [0.4, 0.5) is 0 Å². The van der Waals surface area contributed by atoms with Crippen LogP contribution in [0.25, 0.3) is 0 Å². The Morgan fingerprint density at radius 1 is 1.35 bits per heavy atom. The number of fused-ring (bicyclic) bond motifs is 3. The Morgan fingerprint density at radius 3 is 3.05 bits per heavy atom. The van der Waals surface area contributed by atoms with Crippen molar-refractivity contribution in [1.29, 1.82) is 5.26 Å².